The van der Waals surface area contributed by atoms with Gasteiger partial charge in [-0.15, -0.1) is 0 Å². The Morgan fingerprint density at radius 1 is 1.16 bits per heavy atom. The van der Waals surface area contributed by atoms with Crippen molar-refractivity contribution in [2.75, 3.05) is 5.32 Å². The molecule has 130 valence electrons. The van der Waals surface area contributed by atoms with Crippen molar-refractivity contribution in [1.82, 2.24) is 9.71 Å². The molecule has 0 bridgehead atoms. The van der Waals surface area contributed by atoms with E-state index in [2.05, 4.69) is 21.1 Å². The molecule has 1 atom stereocenters. The maximum Gasteiger partial charge on any atom is 0.360 e. The Hall–Kier alpha value is -2.05. The smallest absolute Gasteiger partial charge is 0.360 e. The van der Waals surface area contributed by atoms with Crippen molar-refractivity contribution < 1.29 is 9.35 Å². The number of aryl methyl sites for hydroxylation is 2. The molecule has 25 heavy (non-hydrogen) atoms. The van der Waals surface area contributed by atoms with Gasteiger partial charge in [-0.1, -0.05) is 12.1 Å². The van der Waals surface area contributed by atoms with Crippen LogP contribution in [-0.4, -0.2) is 15.6 Å². The van der Waals surface area contributed by atoms with Gasteiger partial charge >= 0.3 is 6.03 Å². The van der Waals surface area contributed by atoms with Gasteiger partial charge in [-0.2, -0.15) is 4.72 Å². The number of carbonyl (C=O) groups excluding carboxylic acids is 1. The number of hydrogen-bond donors (Lipinski definition) is 2. The van der Waals surface area contributed by atoms with Gasteiger partial charge in [-0.3, -0.25) is 4.98 Å². The third-order valence-electron chi connectivity index (χ3n) is 4.94. The number of anilines is 1. The van der Waals surface area contributed by atoms with Crippen molar-refractivity contribution in [1.29, 1.82) is 0 Å². The Kier molecular flexibility index (Phi) is 4.63. The highest BCUT2D eigenvalue weighted by atomic mass is 32.2. The van der Waals surface area contributed by atoms with Crippen LogP contribution < -0.4 is 10.0 Å². The van der Waals surface area contributed by atoms with Crippen LogP contribution in [0.1, 0.15) is 40.7 Å². The lowest BCUT2D eigenvalue weighted by molar-refractivity contribution is 0.256. The molecule has 0 saturated carbocycles. The lowest BCUT2D eigenvalue weighted by Crippen LogP contribution is -2.35. The van der Waals surface area contributed by atoms with E-state index >= 15 is 0 Å². The number of pyridine rings is 1. The van der Waals surface area contributed by atoms with Gasteiger partial charge in [0.1, 0.15) is 0 Å². The van der Waals surface area contributed by atoms with Gasteiger partial charge in [0.05, 0.1) is 11.4 Å². The van der Waals surface area contributed by atoms with Crippen LogP contribution >= 0.6 is 0 Å². The standard InChI is InChI=1S/C19H21N3O2S/c23-19(22-25(24)12-13-4-3-9-20-11-13)21-18-16-7-1-5-14(16)10-15-6-2-8-17(15)18/h3-4,9-11H,1-2,5-8,12H2,(H2,21,22,23). The number of urea groups is 1. The molecule has 0 fully saturated rings. The monoisotopic (exact) mass is 355 g/mol. The van der Waals surface area contributed by atoms with E-state index < -0.39 is 17.4 Å². The van der Waals surface area contributed by atoms with Crippen molar-refractivity contribution in [3.8, 4) is 0 Å². The zero-order valence-corrected chi connectivity index (χ0v) is 14.8. The number of aromatic nitrogens is 1. The van der Waals surface area contributed by atoms with E-state index in [1.807, 2.05) is 6.07 Å². The Morgan fingerprint density at radius 2 is 1.88 bits per heavy atom. The minimum atomic E-state index is -1.47. The molecule has 1 aromatic carbocycles. The summed E-state index contributed by atoms with van der Waals surface area (Å²) in [5, 5.41) is 3.00. The van der Waals surface area contributed by atoms with E-state index in [-0.39, 0.29) is 5.75 Å². The van der Waals surface area contributed by atoms with E-state index in [4.69, 9.17) is 0 Å². The fourth-order valence-corrected chi connectivity index (χ4v) is 4.68. The summed E-state index contributed by atoms with van der Waals surface area (Å²) in [5.74, 6) is 0.256. The average molecular weight is 355 g/mol. The maximum absolute atomic E-state index is 12.4. The van der Waals surface area contributed by atoms with Crippen LogP contribution in [0.25, 0.3) is 0 Å². The molecular weight excluding hydrogens is 334 g/mol. The fourth-order valence-electron chi connectivity index (χ4n) is 3.88. The van der Waals surface area contributed by atoms with Crippen LogP contribution in [0, 0.1) is 0 Å². The molecule has 0 aliphatic heterocycles. The van der Waals surface area contributed by atoms with Crippen LogP contribution in [-0.2, 0) is 42.8 Å². The first-order valence-electron chi connectivity index (χ1n) is 8.72. The van der Waals surface area contributed by atoms with Crippen LogP contribution in [0.15, 0.2) is 30.6 Å². The second-order valence-corrected chi connectivity index (χ2v) is 7.83. The molecule has 2 amide bonds. The molecule has 1 unspecified atom stereocenters. The van der Waals surface area contributed by atoms with Gasteiger partial charge in [0.15, 0.2) is 5.75 Å². The summed E-state index contributed by atoms with van der Waals surface area (Å²) in [7, 11) is 0. The van der Waals surface area contributed by atoms with E-state index in [9.17, 15) is 9.35 Å². The van der Waals surface area contributed by atoms with Crippen LogP contribution in [0.2, 0.25) is 0 Å². The van der Waals surface area contributed by atoms with E-state index in [1.54, 1.807) is 18.5 Å². The SMILES string of the molecule is O=C(Nc1c2c(cc3c1CCC3)CCC2)N[S+]([O-])Cc1cccnc1. The number of carbonyl (C=O) groups is 1. The van der Waals surface area contributed by atoms with E-state index in [0.29, 0.717) is 0 Å². The Labute approximate surface area is 150 Å². The molecule has 1 heterocycles. The van der Waals surface area contributed by atoms with Crippen molar-refractivity contribution in [3.05, 3.63) is 58.4 Å². The quantitative estimate of drug-likeness (QED) is 0.828. The minimum Gasteiger partial charge on any atom is -0.593 e. The van der Waals surface area contributed by atoms with Crippen LogP contribution in [0.5, 0.6) is 0 Å². The number of benzene rings is 1. The number of nitrogens with one attached hydrogen (secondary N) is 2. The number of fused-ring (bicyclic) bond motifs is 2. The highest BCUT2D eigenvalue weighted by Crippen LogP contribution is 2.38. The summed E-state index contributed by atoms with van der Waals surface area (Å²) >= 11 is -1.47. The largest absolute Gasteiger partial charge is 0.593 e. The lowest BCUT2D eigenvalue weighted by atomic mass is 9.99. The summed E-state index contributed by atoms with van der Waals surface area (Å²) in [6, 6.07) is 5.58. The van der Waals surface area contributed by atoms with Gasteiger partial charge in [0.25, 0.3) is 0 Å². The van der Waals surface area contributed by atoms with Gasteiger partial charge < -0.3 is 9.87 Å². The molecule has 2 aliphatic rings. The topological polar surface area (TPSA) is 77.1 Å². The Balaban J connectivity index is 1.46. The molecular formula is C19H21N3O2S. The predicted molar refractivity (Wildman–Crippen MR) is 98.7 cm³/mol. The number of amides is 2. The van der Waals surface area contributed by atoms with Crippen LogP contribution in [0.4, 0.5) is 10.5 Å². The molecule has 1 aromatic heterocycles. The van der Waals surface area contributed by atoms with Crippen molar-refractivity contribution >= 4 is 23.1 Å². The van der Waals surface area contributed by atoms with Crippen molar-refractivity contribution in [2.45, 2.75) is 44.3 Å². The second kappa shape index (κ2) is 7.06. The Bertz CT molecular complexity index is 763. The lowest BCUT2D eigenvalue weighted by Gasteiger charge is -2.17. The van der Waals surface area contributed by atoms with Gasteiger partial charge in [0, 0.05) is 23.6 Å². The molecule has 2 N–H and O–H groups in total. The van der Waals surface area contributed by atoms with Gasteiger partial charge in [-0.25, -0.2) is 4.79 Å². The molecule has 6 heteroatoms. The zero-order chi connectivity index (χ0) is 17.2. The molecule has 0 saturated heterocycles. The maximum atomic E-state index is 12.4. The van der Waals surface area contributed by atoms with E-state index in [1.165, 1.54) is 22.3 Å². The van der Waals surface area contributed by atoms with Crippen LogP contribution in [0.3, 0.4) is 0 Å². The molecule has 4 rings (SSSR count). The molecule has 2 aromatic rings. The number of hydrogen-bond acceptors (Lipinski definition) is 3. The highest BCUT2D eigenvalue weighted by molar-refractivity contribution is 7.89. The number of nitrogens with zero attached hydrogens (tertiary/aromatic N) is 1. The van der Waals surface area contributed by atoms with Gasteiger partial charge in [0.2, 0.25) is 0 Å². The average Bonchev–Trinajstić information content (AvgIpc) is 3.24. The molecule has 2 aliphatic carbocycles. The first-order chi connectivity index (χ1) is 12.2. The number of rotatable bonds is 4. The molecule has 5 nitrogen and oxygen atoms in total. The first kappa shape index (κ1) is 16.4. The van der Waals surface area contributed by atoms with Gasteiger partial charge in [-0.05, 0) is 66.8 Å². The van der Waals surface area contributed by atoms with E-state index in [0.717, 1.165) is 49.8 Å². The third kappa shape index (κ3) is 3.50. The molecule has 0 spiro atoms. The van der Waals surface area contributed by atoms with Crippen molar-refractivity contribution in [3.63, 3.8) is 0 Å². The summed E-state index contributed by atoms with van der Waals surface area (Å²) in [6.07, 6.45) is 9.81. The minimum absolute atomic E-state index is 0.256. The predicted octanol–water partition coefficient (Wildman–Crippen LogP) is 3.04. The summed E-state index contributed by atoms with van der Waals surface area (Å²) in [6.45, 7) is 0. The third-order valence-corrected chi connectivity index (χ3v) is 5.95. The molecule has 0 radical (unpaired) electrons. The first-order valence-corrected chi connectivity index (χ1v) is 10.0. The highest BCUT2D eigenvalue weighted by Gasteiger charge is 2.25. The summed E-state index contributed by atoms with van der Waals surface area (Å²) in [5.41, 5.74) is 7.09. The summed E-state index contributed by atoms with van der Waals surface area (Å²) < 4.78 is 14.7. The fraction of sp³-hybridized carbons (Fsp3) is 0.368. The summed E-state index contributed by atoms with van der Waals surface area (Å²) in [4.78, 5) is 16.4. The normalized spacial score (nSPS) is 16.2. The Morgan fingerprint density at radius 3 is 2.52 bits per heavy atom. The zero-order valence-electron chi connectivity index (χ0n) is 14.0. The van der Waals surface area contributed by atoms with Crippen molar-refractivity contribution in [2.24, 2.45) is 0 Å². The second-order valence-electron chi connectivity index (χ2n) is 6.64.